The standard InChI is InChI=1S/C16H14N4O4/c21-13-5-1-3-11(7-13)9-17-19-15(23)16(24)20-18-10-12-4-2-6-14(22)8-12/h1-10,21-22H,(H,19,23)(H,20,24)/b17-9+,18-10+. The first-order chi connectivity index (χ1) is 11.5. The van der Waals surface area contributed by atoms with Gasteiger partial charge in [0, 0.05) is 0 Å². The van der Waals surface area contributed by atoms with Crippen molar-refractivity contribution in [1.29, 1.82) is 0 Å². The van der Waals surface area contributed by atoms with Gasteiger partial charge < -0.3 is 10.2 Å². The van der Waals surface area contributed by atoms with Crippen molar-refractivity contribution < 1.29 is 19.8 Å². The number of hydrogen-bond donors (Lipinski definition) is 4. The van der Waals surface area contributed by atoms with Gasteiger partial charge in [-0.05, 0) is 35.4 Å². The highest BCUT2D eigenvalue weighted by Crippen LogP contribution is 2.09. The van der Waals surface area contributed by atoms with Crippen molar-refractivity contribution in [2.45, 2.75) is 0 Å². The molecule has 0 aliphatic heterocycles. The molecule has 24 heavy (non-hydrogen) atoms. The maximum Gasteiger partial charge on any atom is 0.331 e. The Hall–Kier alpha value is -3.68. The quantitative estimate of drug-likeness (QED) is 0.375. The Kier molecular flexibility index (Phi) is 5.62. The number of nitrogens with zero attached hydrogens (tertiary/aromatic N) is 2. The monoisotopic (exact) mass is 326 g/mol. The first kappa shape index (κ1) is 16.7. The summed E-state index contributed by atoms with van der Waals surface area (Å²) in [4.78, 5) is 23.0. The lowest BCUT2D eigenvalue weighted by atomic mass is 10.2. The molecule has 2 aromatic rings. The topological polar surface area (TPSA) is 123 Å². The summed E-state index contributed by atoms with van der Waals surface area (Å²) in [6.07, 6.45) is 2.56. The Morgan fingerprint density at radius 2 is 1.21 bits per heavy atom. The molecule has 0 spiro atoms. The second kappa shape index (κ2) is 8.08. The number of carbonyl (C=O) groups is 2. The van der Waals surface area contributed by atoms with E-state index in [1.54, 1.807) is 24.3 Å². The Morgan fingerprint density at radius 1 is 0.792 bits per heavy atom. The van der Waals surface area contributed by atoms with E-state index in [0.29, 0.717) is 11.1 Å². The summed E-state index contributed by atoms with van der Waals surface area (Å²) in [5, 5.41) is 25.7. The van der Waals surface area contributed by atoms with Gasteiger partial charge in [0.1, 0.15) is 11.5 Å². The second-order valence-corrected chi connectivity index (χ2v) is 4.59. The van der Waals surface area contributed by atoms with E-state index >= 15 is 0 Å². The highest BCUT2D eigenvalue weighted by atomic mass is 16.3. The number of aromatic hydroxyl groups is 2. The minimum atomic E-state index is -1.00. The molecule has 0 aromatic heterocycles. The smallest absolute Gasteiger partial charge is 0.331 e. The Morgan fingerprint density at radius 3 is 1.58 bits per heavy atom. The number of carbonyl (C=O) groups excluding carboxylic acids is 2. The highest BCUT2D eigenvalue weighted by Gasteiger charge is 2.10. The van der Waals surface area contributed by atoms with E-state index in [1.165, 1.54) is 36.7 Å². The predicted octanol–water partition coefficient (Wildman–Crippen LogP) is 0.698. The summed E-state index contributed by atoms with van der Waals surface area (Å²) in [5.74, 6) is -1.88. The lowest BCUT2D eigenvalue weighted by Gasteiger charge is -1.99. The Bertz CT molecular complexity index is 735. The van der Waals surface area contributed by atoms with Crippen LogP contribution >= 0.6 is 0 Å². The predicted molar refractivity (Wildman–Crippen MR) is 87.7 cm³/mol. The summed E-state index contributed by atoms with van der Waals surface area (Å²) in [5.41, 5.74) is 5.17. The molecule has 4 N–H and O–H groups in total. The lowest BCUT2D eigenvalue weighted by molar-refractivity contribution is -0.139. The van der Waals surface area contributed by atoms with Gasteiger partial charge in [-0.15, -0.1) is 0 Å². The maximum atomic E-state index is 11.5. The van der Waals surface area contributed by atoms with Gasteiger partial charge in [0.15, 0.2) is 0 Å². The molecule has 0 unspecified atom stereocenters. The molecule has 0 atom stereocenters. The molecule has 122 valence electrons. The zero-order valence-corrected chi connectivity index (χ0v) is 12.4. The summed E-state index contributed by atoms with van der Waals surface area (Å²) in [6.45, 7) is 0. The zero-order valence-electron chi connectivity index (χ0n) is 12.4. The molecule has 0 radical (unpaired) electrons. The van der Waals surface area contributed by atoms with Crippen LogP contribution in [0, 0.1) is 0 Å². The fourth-order valence-corrected chi connectivity index (χ4v) is 1.64. The van der Waals surface area contributed by atoms with Crippen LogP contribution in [-0.2, 0) is 9.59 Å². The van der Waals surface area contributed by atoms with Gasteiger partial charge in [-0.25, -0.2) is 10.9 Å². The van der Waals surface area contributed by atoms with Gasteiger partial charge in [-0.2, -0.15) is 10.2 Å². The van der Waals surface area contributed by atoms with Crippen LogP contribution in [0.5, 0.6) is 11.5 Å². The molecule has 8 nitrogen and oxygen atoms in total. The fourth-order valence-electron chi connectivity index (χ4n) is 1.64. The third kappa shape index (κ3) is 5.26. The maximum absolute atomic E-state index is 11.5. The van der Waals surface area contributed by atoms with E-state index in [4.69, 9.17) is 0 Å². The van der Waals surface area contributed by atoms with E-state index in [2.05, 4.69) is 10.2 Å². The molecule has 0 aliphatic carbocycles. The van der Waals surface area contributed by atoms with E-state index in [-0.39, 0.29) is 11.5 Å². The summed E-state index contributed by atoms with van der Waals surface area (Å²) in [6, 6.07) is 12.4. The average Bonchev–Trinajstić information content (AvgIpc) is 2.55. The summed E-state index contributed by atoms with van der Waals surface area (Å²) >= 11 is 0. The number of hydrazone groups is 2. The molecular formula is C16H14N4O4. The number of hydrogen-bond acceptors (Lipinski definition) is 6. The van der Waals surface area contributed by atoms with Crippen LogP contribution in [0.3, 0.4) is 0 Å². The van der Waals surface area contributed by atoms with Gasteiger partial charge in [-0.1, -0.05) is 24.3 Å². The van der Waals surface area contributed by atoms with Crippen LogP contribution < -0.4 is 10.9 Å². The van der Waals surface area contributed by atoms with Gasteiger partial charge in [-0.3, -0.25) is 9.59 Å². The van der Waals surface area contributed by atoms with Crippen molar-refractivity contribution in [3.05, 3.63) is 59.7 Å². The lowest BCUT2D eigenvalue weighted by Crippen LogP contribution is -2.35. The van der Waals surface area contributed by atoms with Crippen molar-refractivity contribution in [2.24, 2.45) is 10.2 Å². The molecule has 0 saturated carbocycles. The average molecular weight is 326 g/mol. The third-order valence-electron chi connectivity index (χ3n) is 2.71. The molecule has 0 bridgehead atoms. The van der Waals surface area contributed by atoms with Gasteiger partial charge >= 0.3 is 11.8 Å². The van der Waals surface area contributed by atoms with Crippen molar-refractivity contribution in [3.63, 3.8) is 0 Å². The number of benzene rings is 2. The van der Waals surface area contributed by atoms with Gasteiger partial charge in [0.25, 0.3) is 0 Å². The molecule has 0 saturated heterocycles. The molecular weight excluding hydrogens is 312 g/mol. The van der Waals surface area contributed by atoms with Crippen molar-refractivity contribution >= 4 is 24.2 Å². The number of amides is 2. The minimum Gasteiger partial charge on any atom is -0.508 e. The van der Waals surface area contributed by atoms with Gasteiger partial charge in [0.05, 0.1) is 12.4 Å². The molecule has 2 aromatic carbocycles. The number of rotatable bonds is 4. The van der Waals surface area contributed by atoms with E-state index in [0.717, 1.165) is 0 Å². The fraction of sp³-hybridized carbons (Fsp3) is 0. The Labute approximate surface area is 137 Å². The Balaban J connectivity index is 1.83. The number of phenols is 2. The molecule has 8 heteroatoms. The molecule has 2 amide bonds. The number of phenolic OH excluding ortho intramolecular Hbond substituents is 2. The van der Waals surface area contributed by atoms with Crippen molar-refractivity contribution in [3.8, 4) is 11.5 Å². The first-order valence-corrected chi connectivity index (χ1v) is 6.79. The highest BCUT2D eigenvalue weighted by molar-refractivity contribution is 6.35. The largest absolute Gasteiger partial charge is 0.508 e. The molecule has 2 rings (SSSR count). The summed E-state index contributed by atoms with van der Waals surface area (Å²) in [7, 11) is 0. The normalized spacial score (nSPS) is 10.8. The first-order valence-electron chi connectivity index (χ1n) is 6.79. The summed E-state index contributed by atoms with van der Waals surface area (Å²) < 4.78 is 0. The van der Waals surface area contributed by atoms with Crippen molar-refractivity contribution in [1.82, 2.24) is 10.9 Å². The molecule has 0 aliphatic rings. The van der Waals surface area contributed by atoms with Crippen LogP contribution in [0.2, 0.25) is 0 Å². The van der Waals surface area contributed by atoms with Crippen LogP contribution in [0.4, 0.5) is 0 Å². The van der Waals surface area contributed by atoms with E-state index < -0.39 is 11.8 Å². The molecule has 0 heterocycles. The van der Waals surface area contributed by atoms with E-state index in [1.807, 2.05) is 10.9 Å². The van der Waals surface area contributed by atoms with Gasteiger partial charge in [0.2, 0.25) is 0 Å². The minimum absolute atomic E-state index is 0.0595. The van der Waals surface area contributed by atoms with E-state index in [9.17, 15) is 19.8 Å². The van der Waals surface area contributed by atoms with Crippen molar-refractivity contribution in [2.75, 3.05) is 0 Å². The third-order valence-corrected chi connectivity index (χ3v) is 2.71. The van der Waals surface area contributed by atoms with Crippen LogP contribution in [-0.4, -0.2) is 34.5 Å². The number of nitrogens with one attached hydrogen (secondary N) is 2. The van der Waals surface area contributed by atoms with Crippen LogP contribution in [0.25, 0.3) is 0 Å². The second-order valence-electron chi connectivity index (χ2n) is 4.59. The van der Waals surface area contributed by atoms with Crippen LogP contribution in [0.1, 0.15) is 11.1 Å². The SMILES string of the molecule is O=C(N/N=C/c1cccc(O)c1)C(=O)N/N=C/c1cccc(O)c1. The molecule has 0 fully saturated rings. The van der Waals surface area contributed by atoms with Crippen LogP contribution in [0.15, 0.2) is 58.7 Å². The zero-order chi connectivity index (χ0) is 17.4.